The predicted octanol–water partition coefficient (Wildman–Crippen LogP) is 3.71. The Bertz CT molecular complexity index is 1080. The minimum absolute atomic E-state index is 0.193. The molecule has 0 saturated carbocycles. The van der Waals surface area contributed by atoms with Crippen LogP contribution in [0.3, 0.4) is 0 Å². The lowest BCUT2D eigenvalue weighted by Crippen LogP contribution is -2.49. The van der Waals surface area contributed by atoms with Crippen LogP contribution in [0.4, 0.5) is 29.2 Å². The van der Waals surface area contributed by atoms with Crippen LogP contribution in [0.1, 0.15) is 17.2 Å². The van der Waals surface area contributed by atoms with Crippen molar-refractivity contribution in [3.63, 3.8) is 0 Å². The van der Waals surface area contributed by atoms with Gasteiger partial charge >= 0.3 is 6.18 Å². The molecule has 10 heteroatoms. The maximum atomic E-state index is 13.4. The predicted molar refractivity (Wildman–Crippen MR) is 119 cm³/mol. The number of aromatic nitrogens is 2. The Hall–Kier alpha value is -3.24. The van der Waals surface area contributed by atoms with Gasteiger partial charge < -0.3 is 16.4 Å². The zero-order valence-electron chi connectivity index (χ0n) is 17.8. The summed E-state index contributed by atoms with van der Waals surface area (Å²) >= 11 is 0. The van der Waals surface area contributed by atoms with Crippen LogP contribution in [-0.2, 0) is 6.18 Å². The van der Waals surface area contributed by atoms with E-state index >= 15 is 0 Å². The minimum atomic E-state index is -4.37. The molecule has 174 valence electrons. The molecule has 3 aromatic rings. The summed E-state index contributed by atoms with van der Waals surface area (Å²) in [6.07, 6.45) is -2.97. The van der Waals surface area contributed by atoms with Crippen LogP contribution >= 0.6 is 0 Å². The molecule has 0 unspecified atom stereocenters. The van der Waals surface area contributed by atoms with E-state index in [0.717, 1.165) is 23.3 Å². The Morgan fingerprint density at radius 2 is 1.55 bits per heavy atom. The highest BCUT2D eigenvalue weighted by molar-refractivity contribution is 5.84. The number of benzene rings is 2. The third-order valence-electron chi connectivity index (χ3n) is 5.89. The molecule has 2 aromatic carbocycles. The smallest absolute Gasteiger partial charge is 0.383 e. The monoisotopic (exact) mass is 460 g/mol. The standard InChI is InChI=1S/C23H24F4N6/c24-18-7-3-16(4-8-18)20-21(29)30-14-31-22(20)33-11-9-32(10-12-33)19(13-28)15-1-5-17(6-2-15)23(25,26)27/h1-8,14,19H,9-13,28H2,(H2,29,30,31)/t19-/m0/s1. The zero-order chi connectivity index (χ0) is 23.6. The van der Waals surface area contributed by atoms with Crippen molar-refractivity contribution in [1.29, 1.82) is 0 Å². The maximum Gasteiger partial charge on any atom is 0.416 e. The average Bonchev–Trinajstić information content (AvgIpc) is 2.80. The van der Waals surface area contributed by atoms with Crippen LogP contribution in [0.2, 0.25) is 0 Å². The summed E-state index contributed by atoms with van der Waals surface area (Å²) in [7, 11) is 0. The van der Waals surface area contributed by atoms with Gasteiger partial charge in [-0.2, -0.15) is 13.2 Å². The quantitative estimate of drug-likeness (QED) is 0.565. The Morgan fingerprint density at radius 1 is 0.909 bits per heavy atom. The van der Waals surface area contributed by atoms with Gasteiger partial charge in [0.1, 0.15) is 23.8 Å². The molecule has 0 radical (unpaired) electrons. The number of alkyl halides is 3. The SMILES string of the molecule is NC[C@@H](c1ccc(C(F)(F)F)cc1)N1CCN(c2ncnc(N)c2-c2ccc(F)cc2)CC1. The van der Waals surface area contributed by atoms with Crippen molar-refractivity contribution >= 4 is 11.6 Å². The summed E-state index contributed by atoms with van der Waals surface area (Å²) in [6, 6.07) is 11.0. The van der Waals surface area contributed by atoms with Gasteiger partial charge in [0.2, 0.25) is 0 Å². The molecular formula is C23H24F4N6. The molecule has 1 aliphatic heterocycles. The van der Waals surface area contributed by atoms with Crippen LogP contribution in [0.25, 0.3) is 11.1 Å². The highest BCUT2D eigenvalue weighted by atomic mass is 19.4. The molecular weight excluding hydrogens is 436 g/mol. The maximum absolute atomic E-state index is 13.4. The summed E-state index contributed by atoms with van der Waals surface area (Å²) in [5.74, 6) is 0.617. The lowest BCUT2D eigenvalue weighted by atomic mass is 10.0. The number of hydrogen-bond acceptors (Lipinski definition) is 6. The van der Waals surface area contributed by atoms with Gasteiger partial charge in [0.05, 0.1) is 11.1 Å². The lowest BCUT2D eigenvalue weighted by Gasteiger charge is -2.40. The van der Waals surface area contributed by atoms with E-state index in [2.05, 4.69) is 19.8 Å². The molecule has 1 atom stereocenters. The second kappa shape index (κ2) is 9.32. The molecule has 1 saturated heterocycles. The van der Waals surface area contributed by atoms with Gasteiger partial charge in [-0.15, -0.1) is 0 Å². The first-order valence-electron chi connectivity index (χ1n) is 10.5. The Labute approximate surface area is 188 Å². The van der Waals surface area contributed by atoms with Gasteiger partial charge in [-0.05, 0) is 35.4 Å². The van der Waals surface area contributed by atoms with Crippen molar-refractivity contribution in [1.82, 2.24) is 14.9 Å². The van der Waals surface area contributed by atoms with Gasteiger partial charge in [-0.1, -0.05) is 24.3 Å². The number of nitrogen functional groups attached to an aromatic ring is 1. The van der Waals surface area contributed by atoms with Crippen molar-refractivity contribution in [2.45, 2.75) is 12.2 Å². The molecule has 2 heterocycles. The number of hydrogen-bond donors (Lipinski definition) is 2. The Morgan fingerprint density at radius 3 is 2.12 bits per heavy atom. The van der Waals surface area contributed by atoms with E-state index in [4.69, 9.17) is 11.5 Å². The van der Waals surface area contributed by atoms with Crippen LogP contribution in [0.15, 0.2) is 54.9 Å². The molecule has 0 aliphatic carbocycles. The number of halogens is 4. The number of piperazine rings is 1. The van der Waals surface area contributed by atoms with E-state index in [1.807, 2.05) is 0 Å². The first-order valence-corrected chi connectivity index (χ1v) is 10.5. The zero-order valence-corrected chi connectivity index (χ0v) is 17.8. The number of rotatable bonds is 5. The third-order valence-corrected chi connectivity index (χ3v) is 5.89. The molecule has 1 fully saturated rings. The fourth-order valence-corrected chi connectivity index (χ4v) is 4.16. The van der Waals surface area contributed by atoms with Crippen molar-refractivity contribution in [3.05, 3.63) is 71.8 Å². The normalized spacial score (nSPS) is 16.1. The fraction of sp³-hybridized carbons (Fsp3) is 0.304. The van der Waals surface area contributed by atoms with Crippen LogP contribution in [-0.4, -0.2) is 47.6 Å². The van der Waals surface area contributed by atoms with E-state index in [-0.39, 0.29) is 18.4 Å². The highest BCUT2D eigenvalue weighted by Gasteiger charge is 2.31. The van der Waals surface area contributed by atoms with E-state index in [1.54, 1.807) is 12.1 Å². The second-order valence-corrected chi connectivity index (χ2v) is 7.86. The van der Waals surface area contributed by atoms with Gasteiger partial charge in [-0.25, -0.2) is 14.4 Å². The molecule has 4 N–H and O–H groups in total. The molecule has 0 spiro atoms. The van der Waals surface area contributed by atoms with Crippen molar-refractivity contribution in [3.8, 4) is 11.1 Å². The summed E-state index contributed by atoms with van der Waals surface area (Å²) < 4.78 is 52.0. The van der Waals surface area contributed by atoms with Crippen LogP contribution in [0.5, 0.6) is 0 Å². The van der Waals surface area contributed by atoms with Gasteiger partial charge in [0, 0.05) is 38.8 Å². The first kappa shape index (κ1) is 22.9. The second-order valence-electron chi connectivity index (χ2n) is 7.86. The van der Waals surface area contributed by atoms with E-state index < -0.39 is 11.7 Å². The van der Waals surface area contributed by atoms with Gasteiger partial charge in [0.15, 0.2) is 0 Å². The summed E-state index contributed by atoms with van der Waals surface area (Å²) in [6.45, 7) is 2.78. The van der Waals surface area contributed by atoms with Crippen molar-refractivity contribution in [2.24, 2.45) is 5.73 Å². The summed E-state index contributed by atoms with van der Waals surface area (Å²) in [5, 5.41) is 0. The average molecular weight is 460 g/mol. The highest BCUT2D eigenvalue weighted by Crippen LogP contribution is 2.35. The summed E-state index contributed by atoms with van der Waals surface area (Å²) in [5.41, 5.74) is 13.6. The Balaban J connectivity index is 1.51. The summed E-state index contributed by atoms with van der Waals surface area (Å²) in [4.78, 5) is 12.8. The topological polar surface area (TPSA) is 84.3 Å². The molecule has 4 rings (SSSR count). The molecule has 1 aliphatic rings. The van der Waals surface area contributed by atoms with E-state index in [0.29, 0.717) is 43.4 Å². The molecule has 0 amide bonds. The fourth-order valence-electron chi connectivity index (χ4n) is 4.16. The van der Waals surface area contributed by atoms with Gasteiger partial charge in [0.25, 0.3) is 0 Å². The van der Waals surface area contributed by atoms with Crippen molar-refractivity contribution < 1.29 is 17.6 Å². The number of anilines is 2. The minimum Gasteiger partial charge on any atom is -0.383 e. The third kappa shape index (κ3) is 4.91. The number of nitrogens with zero attached hydrogens (tertiary/aromatic N) is 4. The van der Waals surface area contributed by atoms with Crippen LogP contribution in [0, 0.1) is 5.82 Å². The molecule has 33 heavy (non-hydrogen) atoms. The lowest BCUT2D eigenvalue weighted by molar-refractivity contribution is -0.137. The Kier molecular flexibility index (Phi) is 6.48. The molecule has 1 aromatic heterocycles. The van der Waals surface area contributed by atoms with Crippen LogP contribution < -0.4 is 16.4 Å². The van der Waals surface area contributed by atoms with Crippen molar-refractivity contribution in [2.75, 3.05) is 43.4 Å². The molecule has 6 nitrogen and oxygen atoms in total. The largest absolute Gasteiger partial charge is 0.416 e. The van der Waals surface area contributed by atoms with Gasteiger partial charge in [-0.3, -0.25) is 4.90 Å². The van der Waals surface area contributed by atoms with E-state index in [1.165, 1.54) is 30.6 Å². The number of nitrogens with two attached hydrogens (primary N) is 2. The first-order chi connectivity index (χ1) is 15.8. The van der Waals surface area contributed by atoms with E-state index in [9.17, 15) is 17.6 Å². The molecule has 0 bridgehead atoms.